The second-order valence-electron chi connectivity index (χ2n) is 6.14. The molecule has 0 aromatic heterocycles. The van der Waals surface area contributed by atoms with Gasteiger partial charge in [0.25, 0.3) is 5.91 Å². The van der Waals surface area contributed by atoms with Crippen LogP contribution in [0.4, 0.5) is 0 Å². The molecule has 0 radical (unpaired) electrons. The normalized spacial score (nSPS) is 14.5. The number of aryl methyl sites for hydroxylation is 1. The predicted molar refractivity (Wildman–Crippen MR) is 94.9 cm³/mol. The van der Waals surface area contributed by atoms with E-state index < -0.39 is 12.2 Å². The van der Waals surface area contributed by atoms with Gasteiger partial charge in [-0.05, 0) is 44.9 Å². The minimum Gasteiger partial charge on any atom is -0.481 e. The van der Waals surface area contributed by atoms with E-state index >= 15 is 0 Å². The number of rotatable bonds is 7. The number of nitrogens with one attached hydrogen (secondary N) is 1. The number of carbonyl (C=O) groups excluding carboxylic acids is 1. The first kappa shape index (κ1) is 18.0. The lowest BCUT2D eigenvalue weighted by Gasteiger charge is -2.21. The van der Waals surface area contributed by atoms with Gasteiger partial charge in [-0.2, -0.15) is 0 Å². The van der Waals surface area contributed by atoms with E-state index in [2.05, 4.69) is 5.32 Å². The molecule has 0 aliphatic heterocycles. The molecular weight excluding hydrogens is 302 g/mol. The number of hydrogen-bond donors (Lipinski definition) is 2. The summed E-state index contributed by atoms with van der Waals surface area (Å²) in [5.41, 5.74) is 1.99. The highest BCUT2D eigenvalue weighted by Crippen LogP contribution is 2.18. The van der Waals surface area contributed by atoms with Crippen LogP contribution in [0.15, 0.2) is 54.6 Å². The largest absolute Gasteiger partial charge is 0.481 e. The monoisotopic (exact) mass is 327 g/mol. The first-order valence-electron chi connectivity index (χ1n) is 8.22. The number of amides is 1. The second-order valence-corrected chi connectivity index (χ2v) is 6.14. The molecule has 0 aliphatic carbocycles. The number of hydrogen-bond acceptors (Lipinski definition) is 3. The maximum atomic E-state index is 12.2. The zero-order chi connectivity index (χ0) is 17.5. The lowest BCUT2D eigenvalue weighted by atomic mass is 10.0. The summed E-state index contributed by atoms with van der Waals surface area (Å²) < 4.78 is 5.65. The molecule has 3 atom stereocenters. The fourth-order valence-corrected chi connectivity index (χ4v) is 2.44. The summed E-state index contributed by atoms with van der Waals surface area (Å²) in [4.78, 5) is 12.2. The Bertz CT molecular complexity index is 640. The van der Waals surface area contributed by atoms with Gasteiger partial charge < -0.3 is 15.2 Å². The van der Waals surface area contributed by atoms with Crippen LogP contribution in [0.5, 0.6) is 5.75 Å². The summed E-state index contributed by atoms with van der Waals surface area (Å²) in [6.45, 7) is 5.60. The van der Waals surface area contributed by atoms with Gasteiger partial charge in [-0.1, -0.05) is 48.0 Å². The smallest absolute Gasteiger partial charge is 0.260 e. The number of aliphatic hydroxyl groups excluding tert-OH is 1. The number of aliphatic hydroxyl groups is 1. The number of benzene rings is 2. The van der Waals surface area contributed by atoms with Crippen molar-refractivity contribution < 1.29 is 14.6 Å². The van der Waals surface area contributed by atoms with Crippen molar-refractivity contribution in [1.82, 2.24) is 5.32 Å². The Labute approximate surface area is 143 Å². The lowest BCUT2D eigenvalue weighted by molar-refractivity contribution is -0.128. The highest BCUT2D eigenvalue weighted by Gasteiger charge is 2.19. The van der Waals surface area contributed by atoms with E-state index in [0.29, 0.717) is 12.2 Å². The second kappa shape index (κ2) is 8.50. The minimum absolute atomic E-state index is 0.156. The van der Waals surface area contributed by atoms with Crippen molar-refractivity contribution >= 4 is 5.91 Å². The van der Waals surface area contributed by atoms with Gasteiger partial charge in [0.05, 0.1) is 6.10 Å². The van der Waals surface area contributed by atoms with Crippen molar-refractivity contribution in [3.8, 4) is 5.75 Å². The lowest BCUT2D eigenvalue weighted by Crippen LogP contribution is -2.41. The van der Waals surface area contributed by atoms with E-state index in [9.17, 15) is 9.90 Å². The molecule has 4 heteroatoms. The zero-order valence-corrected chi connectivity index (χ0v) is 14.4. The van der Waals surface area contributed by atoms with Crippen LogP contribution >= 0.6 is 0 Å². The van der Waals surface area contributed by atoms with E-state index in [1.54, 1.807) is 6.92 Å². The predicted octanol–water partition coefficient (Wildman–Crippen LogP) is 3.39. The molecule has 0 saturated carbocycles. The first-order chi connectivity index (χ1) is 11.5. The minimum atomic E-state index is -0.602. The highest BCUT2D eigenvalue weighted by atomic mass is 16.5. The molecule has 128 valence electrons. The van der Waals surface area contributed by atoms with Crippen LogP contribution in [-0.4, -0.2) is 23.2 Å². The van der Waals surface area contributed by atoms with Crippen LogP contribution in [-0.2, 0) is 4.79 Å². The standard InChI is InChI=1S/C20H25NO3/c1-14-9-11-18(12-10-14)24-16(3)20(23)21-15(2)13-19(22)17-7-5-4-6-8-17/h4-12,15-16,19,22H,13H2,1-3H3,(H,21,23)/t15-,16-,19-/m1/s1. The van der Waals surface area contributed by atoms with Crippen LogP contribution < -0.4 is 10.1 Å². The Morgan fingerprint density at radius 2 is 1.71 bits per heavy atom. The van der Waals surface area contributed by atoms with Crippen LogP contribution in [0.25, 0.3) is 0 Å². The molecule has 0 unspecified atom stereocenters. The summed E-state index contributed by atoms with van der Waals surface area (Å²) in [5, 5.41) is 13.1. The Morgan fingerprint density at radius 3 is 2.33 bits per heavy atom. The highest BCUT2D eigenvalue weighted by molar-refractivity contribution is 5.80. The number of carbonyl (C=O) groups is 1. The van der Waals surface area contributed by atoms with Gasteiger partial charge in [0.2, 0.25) is 0 Å². The Kier molecular flexibility index (Phi) is 6.38. The molecule has 0 bridgehead atoms. The van der Waals surface area contributed by atoms with Gasteiger partial charge in [0.1, 0.15) is 5.75 Å². The maximum absolute atomic E-state index is 12.2. The molecule has 2 rings (SSSR count). The van der Waals surface area contributed by atoms with Gasteiger partial charge in [0, 0.05) is 6.04 Å². The van der Waals surface area contributed by atoms with Crippen molar-refractivity contribution in [1.29, 1.82) is 0 Å². The van der Waals surface area contributed by atoms with Crippen LogP contribution in [0.3, 0.4) is 0 Å². The summed E-state index contributed by atoms with van der Waals surface area (Å²) in [6.07, 6.45) is -0.744. The van der Waals surface area contributed by atoms with Gasteiger partial charge in [-0.3, -0.25) is 4.79 Å². The summed E-state index contributed by atoms with van der Waals surface area (Å²) in [5.74, 6) is 0.476. The molecule has 2 aromatic carbocycles. The van der Waals surface area contributed by atoms with Gasteiger partial charge >= 0.3 is 0 Å². The van der Waals surface area contributed by atoms with Gasteiger partial charge in [-0.15, -0.1) is 0 Å². The van der Waals surface area contributed by atoms with E-state index in [1.807, 2.05) is 68.4 Å². The van der Waals surface area contributed by atoms with E-state index in [1.165, 1.54) is 0 Å². The third kappa shape index (κ3) is 5.39. The Morgan fingerprint density at radius 1 is 1.08 bits per heavy atom. The molecule has 0 aliphatic rings. The van der Waals surface area contributed by atoms with E-state index in [4.69, 9.17) is 4.74 Å². The molecular formula is C20H25NO3. The molecule has 0 saturated heterocycles. The van der Waals surface area contributed by atoms with Crippen molar-refractivity contribution in [2.75, 3.05) is 0 Å². The maximum Gasteiger partial charge on any atom is 0.260 e. The van der Waals surface area contributed by atoms with Crippen LogP contribution in [0.1, 0.15) is 37.5 Å². The average molecular weight is 327 g/mol. The molecule has 1 amide bonds. The van der Waals surface area contributed by atoms with Crippen LogP contribution in [0, 0.1) is 6.92 Å². The molecule has 24 heavy (non-hydrogen) atoms. The van der Waals surface area contributed by atoms with Crippen molar-refractivity contribution in [3.05, 3.63) is 65.7 Å². The molecule has 2 aromatic rings. The molecule has 2 N–H and O–H groups in total. The molecule has 0 spiro atoms. The third-order valence-corrected chi connectivity index (χ3v) is 3.85. The fourth-order valence-electron chi connectivity index (χ4n) is 2.44. The SMILES string of the molecule is Cc1ccc(O[C@H](C)C(=O)N[C@H](C)C[C@@H](O)c2ccccc2)cc1. The number of ether oxygens (including phenoxy) is 1. The van der Waals surface area contributed by atoms with Crippen molar-refractivity contribution in [3.63, 3.8) is 0 Å². The summed E-state index contributed by atoms with van der Waals surface area (Å²) >= 11 is 0. The Balaban J connectivity index is 1.83. The third-order valence-electron chi connectivity index (χ3n) is 3.85. The topological polar surface area (TPSA) is 58.6 Å². The summed E-state index contributed by atoms with van der Waals surface area (Å²) in [6, 6.07) is 16.9. The average Bonchev–Trinajstić information content (AvgIpc) is 2.57. The quantitative estimate of drug-likeness (QED) is 0.819. The van der Waals surface area contributed by atoms with E-state index in [0.717, 1.165) is 11.1 Å². The zero-order valence-electron chi connectivity index (χ0n) is 14.4. The van der Waals surface area contributed by atoms with Crippen molar-refractivity contribution in [2.45, 2.75) is 45.4 Å². The Hall–Kier alpha value is -2.33. The van der Waals surface area contributed by atoms with E-state index in [-0.39, 0.29) is 11.9 Å². The molecule has 0 fully saturated rings. The molecule has 4 nitrogen and oxygen atoms in total. The van der Waals surface area contributed by atoms with Crippen molar-refractivity contribution in [2.24, 2.45) is 0 Å². The summed E-state index contributed by atoms with van der Waals surface area (Å²) in [7, 11) is 0. The molecule has 0 heterocycles. The van der Waals surface area contributed by atoms with Crippen LogP contribution in [0.2, 0.25) is 0 Å². The van der Waals surface area contributed by atoms with Gasteiger partial charge in [0.15, 0.2) is 6.10 Å². The first-order valence-corrected chi connectivity index (χ1v) is 8.22. The van der Waals surface area contributed by atoms with Gasteiger partial charge in [-0.25, -0.2) is 0 Å². The fraction of sp³-hybridized carbons (Fsp3) is 0.350.